The standard InChI is InChI=1S/C29H31NO3/c1-21-8-6-7-9-25(21)16-17-30-28(31)20-24-14-12-23(13-15-24)19-27(18-22(2)29(32)33)26-10-4-3-5-11-26/h3-15,18,27H,16-17,19-20H2,1-2H3,(H,30,31)(H,32,33)/b22-18+. The van der Waals surface area contributed by atoms with Crippen LogP contribution < -0.4 is 5.32 Å². The Balaban J connectivity index is 1.58. The van der Waals surface area contributed by atoms with Gasteiger partial charge in [0.15, 0.2) is 0 Å². The molecule has 0 spiro atoms. The van der Waals surface area contributed by atoms with Crippen LogP contribution in [0, 0.1) is 6.92 Å². The minimum Gasteiger partial charge on any atom is -0.478 e. The lowest BCUT2D eigenvalue weighted by Gasteiger charge is -2.15. The van der Waals surface area contributed by atoms with E-state index in [9.17, 15) is 14.7 Å². The lowest BCUT2D eigenvalue weighted by molar-refractivity contribution is -0.132. The zero-order valence-electron chi connectivity index (χ0n) is 19.3. The van der Waals surface area contributed by atoms with Gasteiger partial charge in [-0.2, -0.15) is 0 Å². The molecule has 2 N–H and O–H groups in total. The van der Waals surface area contributed by atoms with E-state index in [2.05, 4.69) is 24.4 Å². The van der Waals surface area contributed by atoms with Gasteiger partial charge in [-0.25, -0.2) is 4.79 Å². The maximum absolute atomic E-state index is 12.3. The molecule has 0 bridgehead atoms. The van der Waals surface area contributed by atoms with Crippen molar-refractivity contribution in [2.75, 3.05) is 6.54 Å². The highest BCUT2D eigenvalue weighted by Gasteiger charge is 2.13. The van der Waals surface area contributed by atoms with Crippen LogP contribution >= 0.6 is 0 Å². The molecule has 0 aliphatic heterocycles. The number of rotatable bonds is 10. The van der Waals surface area contributed by atoms with Gasteiger partial charge in [0.25, 0.3) is 0 Å². The molecule has 0 saturated heterocycles. The summed E-state index contributed by atoms with van der Waals surface area (Å²) in [5.41, 5.74) is 5.97. The Kier molecular flexibility index (Phi) is 8.59. The number of carboxylic acid groups (broad SMARTS) is 1. The molecule has 0 radical (unpaired) electrons. The first-order valence-corrected chi connectivity index (χ1v) is 11.3. The van der Waals surface area contributed by atoms with Crippen LogP contribution in [-0.2, 0) is 28.9 Å². The molecule has 0 aromatic heterocycles. The summed E-state index contributed by atoms with van der Waals surface area (Å²) in [6.07, 6.45) is 3.67. The monoisotopic (exact) mass is 441 g/mol. The van der Waals surface area contributed by atoms with Gasteiger partial charge in [-0.05, 0) is 54.5 Å². The minimum atomic E-state index is -0.903. The largest absolute Gasteiger partial charge is 0.478 e. The summed E-state index contributed by atoms with van der Waals surface area (Å²) in [6, 6.07) is 26.1. The van der Waals surface area contributed by atoms with Crippen molar-refractivity contribution in [3.63, 3.8) is 0 Å². The third-order valence-electron chi connectivity index (χ3n) is 5.84. The topological polar surface area (TPSA) is 66.4 Å². The van der Waals surface area contributed by atoms with Crippen molar-refractivity contribution in [2.45, 2.75) is 39.0 Å². The smallest absolute Gasteiger partial charge is 0.330 e. The van der Waals surface area contributed by atoms with Crippen molar-refractivity contribution in [3.8, 4) is 0 Å². The van der Waals surface area contributed by atoms with Gasteiger partial charge in [0.1, 0.15) is 0 Å². The van der Waals surface area contributed by atoms with E-state index < -0.39 is 5.97 Å². The molecule has 3 aromatic carbocycles. The zero-order valence-corrected chi connectivity index (χ0v) is 19.3. The fraction of sp³-hybridized carbons (Fsp3) is 0.241. The Morgan fingerprint density at radius 1 is 0.909 bits per heavy atom. The fourth-order valence-electron chi connectivity index (χ4n) is 3.87. The van der Waals surface area contributed by atoms with Crippen LogP contribution in [-0.4, -0.2) is 23.5 Å². The number of benzene rings is 3. The van der Waals surface area contributed by atoms with E-state index >= 15 is 0 Å². The maximum atomic E-state index is 12.3. The molecule has 4 heteroatoms. The molecule has 3 rings (SSSR count). The molecule has 3 aromatic rings. The van der Waals surface area contributed by atoms with Gasteiger partial charge in [-0.3, -0.25) is 4.79 Å². The number of carbonyl (C=O) groups is 2. The van der Waals surface area contributed by atoms with Crippen LogP contribution in [0.15, 0.2) is 90.5 Å². The Bertz CT molecular complexity index is 1100. The van der Waals surface area contributed by atoms with Crippen molar-refractivity contribution < 1.29 is 14.7 Å². The molecule has 0 aliphatic rings. The number of carbonyl (C=O) groups excluding carboxylic acids is 1. The normalized spacial score (nSPS) is 12.2. The highest BCUT2D eigenvalue weighted by Crippen LogP contribution is 2.24. The van der Waals surface area contributed by atoms with Crippen molar-refractivity contribution >= 4 is 11.9 Å². The van der Waals surface area contributed by atoms with Gasteiger partial charge in [0, 0.05) is 18.0 Å². The molecule has 0 heterocycles. The third kappa shape index (κ3) is 7.46. The number of allylic oxidation sites excluding steroid dienone is 1. The molecule has 4 nitrogen and oxygen atoms in total. The summed E-state index contributed by atoms with van der Waals surface area (Å²) in [7, 11) is 0. The van der Waals surface area contributed by atoms with Crippen LogP contribution in [0.4, 0.5) is 0 Å². The Morgan fingerprint density at radius 2 is 1.55 bits per heavy atom. The molecule has 1 amide bonds. The van der Waals surface area contributed by atoms with E-state index in [-0.39, 0.29) is 11.8 Å². The van der Waals surface area contributed by atoms with E-state index in [0.717, 1.165) is 23.1 Å². The fourth-order valence-corrected chi connectivity index (χ4v) is 3.87. The van der Waals surface area contributed by atoms with E-state index in [0.29, 0.717) is 25.0 Å². The maximum Gasteiger partial charge on any atom is 0.330 e. The highest BCUT2D eigenvalue weighted by molar-refractivity contribution is 5.86. The number of aryl methyl sites for hydroxylation is 1. The minimum absolute atomic E-state index is 0.0125. The molecular weight excluding hydrogens is 410 g/mol. The molecule has 0 fully saturated rings. The van der Waals surface area contributed by atoms with E-state index in [1.165, 1.54) is 11.1 Å². The zero-order chi connectivity index (χ0) is 23.6. The summed E-state index contributed by atoms with van der Waals surface area (Å²) in [5.74, 6) is -0.920. The van der Waals surface area contributed by atoms with E-state index in [1.54, 1.807) is 6.92 Å². The number of amides is 1. The van der Waals surface area contributed by atoms with Crippen molar-refractivity contribution in [1.29, 1.82) is 0 Å². The second kappa shape index (κ2) is 11.8. The van der Waals surface area contributed by atoms with Crippen LogP contribution in [0.3, 0.4) is 0 Å². The lowest BCUT2D eigenvalue weighted by atomic mass is 9.90. The summed E-state index contributed by atoms with van der Waals surface area (Å²) >= 11 is 0. The summed E-state index contributed by atoms with van der Waals surface area (Å²) < 4.78 is 0. The number of hydrogen-bond donors (Lipinski definition) is 2. The highest BCUT2D eigenvalue weighted by atomic mass is 16.4. The number of hydrogen-bond acceptors (Lipinski definition) is 2. The molecule has 1 atom stereocenters. The quantitative estimate of drug-likeness (QED) is 0.422. The average molecular weight is 442 g/mol. The number of carboxylic acids is 1. The molecule has 170 valence electrons. The van der Waals surface area contributed by atoms with Gasteiger partial charge in [0.2, 0.25) is 5.91 Å². The summed E-state index contributed by atoms with van der Waals surface area (Å²) in [4.78, 5) is 23.7. The predicted molar refractivity (Wildman–Crippen MR) is 132 cm³/mol. The summed E-state index contributed by atoms with van der Waals surface area (Å²) in [6.45, 7) is 4.33. The molecule has 1 unspecified atom stereocenters. The van der Waals surface area contributed by atoms with E-state index in [1.807, 2.05) is 72.8 Å². The number of nitrogens with one attached hydrogen (secondary N) is 1. The average Bonchev–Trinajstić information content (AvgIpc) is 2.81. The van der Waals surface area contributed by atoms with Crippen LogP contribution in [0.5, 0.6) is 0 Å². The van der Waals surface area contributed by atoms with Crippen LogP contribution in [0.1, 0.15) is 40.7 Å². The van der Waals surface area contributed by atoms with Gasteiger partial charge in [-0.1, -0.05) is 84.9 Å². The first-order chi connectivity index (χ1) is 15.9. The van der Waals surface area contributed by atoms with Crippen LogP contribution in [0.2, 0.25) is 0 Å². The van der Waals surface area contributed by atoms with Gasteiger partial charge < -0.3 is 10.4 Å². The van der Waals surface area contributed by atoms with Crippen molar-refractivity contribution in [2.24, 2.45) is 0 Å². The van der Waals surface area contributed by atoms with Crippen LogP contribution in [0.25, 0.3) is 0 Å². The molecule has 0 aliphatic carbocycles. The van der Waals surface area contributed by atoms with Gasteiger partial charge >= 0.3 is 5.97 Å². The first-order valence-electron chi connectivity index (χ1n) is 11.3. The lowest BCUT2D eigenvalue weighted by Crippen LogP contribution is -2.27. The molecular formula is C29H31NO3. The van der Waals surface area contributed by atoms with Gasteiger partial charge in [-0.15, -0.1) is 0 Å². The van der Waals surface area contributed by atoms with Gasteiger partial charge in [0.05, 0.1) is 6.42 Å². The number of aliphatic carboxylic acids is 1. The Morgan fingerprint density at radius 3 is 2.21 bits per heavy atom. The predicted octanol–water partition coefficient (Wildman–Crippen LogP) is 5.25. The van der Waals surface area contributed by atoms with Crippen molar-refractivity contribution in [1.82, 2.24) is 5.32 Å². The van der Waals surface area contributed by atoms with Crippen molar-refractivity contribution in [3.05, 3.63) is 118 Å². The molecule has 33 heavy (non-hydrogen) atoms. The Labute approximate surface area is 196 Å². The SMILES string of the molecule is C/C(=C\C(Cc1ccc(CC(=O)NCCc2ccccc2C)cc1)c1ccccc1)C(=O)O. The van der Waals surface area contributed by atoms with E-state index in [4.69, 9.17) is 0 Å². The second-order valence-corrected chi connectivity index (χ2v) is 8.40. The Hall–Kier alpha value is -3.66. The molecule has 0 saturated carbocycles. The first kappa shape index (κ1) is 24.0. The summed E-state index contributed by atoms with van der Waals surface area (Å²) in [5, 5.41) is 12.3. The third-order valence-corrected chi connectivity index (χ3v) is 5.84. The second-order valence-electron chi connectivity index (χ2n) is 8.40.